The number of nitrogens with one attached hydrogen (secondary N) is 8. The van der Waals surface area contributed by atoms with Crippen LogP contribution in [0, 0.1) is 5.92 Å². The lowest BCUT2D eigenvalue weighted by Gasteiger charge is -2.45. The number of carboxylic acids is 1. The van der Waals surface area contributed by atoms with Crippen LogP contribution in [0.25, 0.3) is 0 Å². The number of carbonyl (C=O) groups excluding carboxylic acids is 3. The molecule has 27 heteroatoms. The number of esters is 1. The van der Waals surface area contributed by atoms with Crippen LogP contribution in [0.2, 0.25) is 0 Å². The van der Waals surface area contributed by atoms with Gasteiger partial charge in [0.05, 0.1) is 30.9 Å². The van der Waals surface area contributed by atoms with E-state index in [1.165, 1.54) is 24.6 Å². The van der Waals surface area contributed by atoms with Crippen molar-refractivity contribution in [3.05, 3.63) is 104 Å². The molecule has 1 aliphatic carbocycles. The van der Waals surface area contributed by atoms with Gasteiger partial charge in [-0.05, 0) is 88.0 Å². The molecule has 1 saturated carbocycles. The number of aromatic amines is 2. The van der Waals surface area contributed by atoms with Crippen molar-refractivity contribution >= 4 is 23.8 Å². The molecule has 86 heavy (non-hydrogen) atoms. The van der Waals surface area contributed by atoms with Gasteiger partial charge in [0.1, 0.15) is 48.4 Å². The molecule has 3 saturated heterocycles. The maximum absolute atomic E-state index is 14.0. The molecule has 4 aliphatic rings. The average Bonchev–Trinajstić information content (AvgIpc) is 2.80. The van der Waals surface area contributed by atoms with Gasteiger partial charge in [-0.1, -0.05) is 74.6 Å². The van der Waals surface area contributed by atoms with E-state index >= 15 is 0 Å². The molecule has 3 aliphatic heterocycles. The molecule has 4 fully saturated rings. The molecule has 0 spiro atoms. The maximum atomic E-state index is 14.0. The number of nitrogens with zero attached hydrogens (tertiary/aromatic N) is 1. The Kier molecular flexibility index (Phi) is 28.0. The number of aliphatic hydroxyl groups is 5. The van der Waals surface area contributed by atoms with Crippen LogP contribution in [0.1, 0.15) is 103 Å². The largest absolute Gasteiger partial charge is 0.479 e. The predicted octanol–water partition coefficient (Wildman–Crippen LogP) is -1.45. The molecule has 0 radical (unpaired) electrons. The Morgan fingerprint density at radius 3 is 2.16 bits per heavy atom. The highest BCUT2D eigenvalue weighted by atomic mass is 16.7. The summed E-state index contributed by atoms with van der Waals surface area (Å²) < 4.78 is 36.7. The number of aliphatic carboxylic acids is 1. The number of amides is 2. The fraction of sp³-hybridized carbons (Fsp3) is 0.661. The summed E-state index contributed by atoms with van der Waals surface area (Å²) in [7, 11) is 0. The predicted molar refractivity (Wildman–Crippen MR) is 311 cm³/mol. The first-order valence-corrected chi connectivity index (χ1v) is 30.2. The summed E-state index contributed by atoms with van der Waals surface area (Å²) in [5.74, 6) is -3.87. The highest BCUT2D eigenvalue weighted by molar-refractivity contribution is 5.92. The number of H-pyrrole nitrogens is 2. The second-order valence-electron chi connectivity index (χ2n) is 22.5. The Morgan fingerprint density at radius 1 is 0.744 bits per heavy atom. The highest BCUT2D eigenvalue weighted by Crippen LogP contribution is 2.33. The Balaban J connectivity index is 1.07. The lowest BCUT2D eigenvalue weighted by molar-refractivity contribution is -0.330. The third-order valence-electron chi connectivity index (χ3n) is 15.9. The molecule has 13 atom stereocenters. The van der Waals surface area contributed by atoms with Gasteiger partial charge in [-0.25, -0.2) is 14.4 Å². The van der Waals surface area contributed by atoms with E-state index in [4.69, 9.17) is 28.4 Å². The summed E-state index contributed by atoms with van der Waals surface area (Å²) in [5, 5.41) is 84.9. The molecule has 1 aromatic heterocycles. The summed E-state index contributed by atoms with van der Waals surface area (Å²) in [6.45, 7) is 9.34. The van der Waals surface area contributed by atoms with Crippen LogP contribution in [0.4, 0.5) is 0 Å². The average molecular weight is 1210 g/mol. The number of aromatic nitrogens is 2. The molecule has 2 amide bonds. The number of carbonyl (C=O) groups is 4. The molecule has 7 rings (SSSR count). The molecular formula is C59H89N9O18. The summed E-state index contributed by atoms with van der Waals surface area (Å²) in [5.41, 5.74) is -0.136. The van der Waals surface area contributed by atoms with E-state index in [2.05, 4.69) is 66.1 Å². The first-order chi connectivity index (χ1) is 41.6. The smallest absolute Gasteiger partial charge is 0.338 e. The third kappa shape index (κ3) is 21.3. The number of ether oxygens (including phenoxy) is 6. The second-order valence-corrected chi connectivity index (χ2v) is 22.5. The van der Waals surface area contributed by atoms with Gasteiger partial charge in [0.25, 0.3) is 11.5 Å². The van der Waals surface area contributed by atoms with Gasteiger partial charge < -0.3 is 95.9 Å². The number of carboxylic acid groups (broad SMARTS) is 1. The van der Waals surface area contributed by atoms with Gasteiger partial charge in [-0.15, -0.1) is 0 Å². The second kappa shape index (κ2) is 35.4. The molecule has 3 aromatic rings. The summed E-state index contributed by atoms with van der Waals surface area (Å²) in [6, 6.07) is 15.5. The van der Waals surface area contributed by atoms with E-state index in [1.807, 2.05) is 4.98 Å². The molecule has 12 unspecified atom stereocenters. The Hall–Kier alpha value is -5.60. The molecule has 478 valence electrons. The molecule has 27 nitrogen and oxygen atoms in total. The minimum absolute atomic E-state index is 0.0318. The summed E-state index contributed by atoms with van der Waals surface area (Å²) in [6.07, 6.45) is -14.1. The molecular weight excluding hydrogens is 1120 g/mol. The number of rotatable bonds is 26. The molecule has 2 aromatic carbocycles. The SMILES string of the molecule is CC1OC(OC(COC2OC(CO)C(O)C(O[C@@H](CC3CCCCC3)C(=O)O)C2OC(=O)c2ccccc2)C(CCC(=O)NCCNCc2ccc(CN3CCCNCCNCCCNCC3)cc2)NC(=O)c2cc(=O)[nH]c(=O)[nH]2)C(O)C(O)C1O. The molecule has 4 heterocycles. The highest BCUT2D eigenvalue weighted by Gasteiger charge is 2.51. The Morgan fingerprint density at radius 2 is 1.45 bits per heavy atom. The number of benzene rings is 2. The molecule has 0 bridgehead atoms. The van der Waals surface area contributed by atoms with E-state index in [0.717, 1.165) is 115 Å². The summed E-state index contributed by atoms with van der Waals surface area (Å²) >= 11 is 0. The van der Waals surface area contributed by atoms with Gasteiger partial charge in [0, 0.05) is 64.8 Å². The van der Waals surface area contributed by atoms with E-state index < -0.39 is 134 Å². The van der Waals surface area contributed by atoms with E-state index in [-0.39, 0.29) is 37.3 Å². The van der Waals surface area contributed by atoms with Crippen LogP contribution in [0.3, 0.4) is 0 Å². The summed E-state index contributed by atoms with van der Waals surface area (Å²) in [4.78, 5) is 86.0. The van der Waals surface area contributed by atoms with Crippen LogP contribution >= 0.6 is 0 Å². The maximum Gasteiger partial charge on any atom is 0.338 e. The van der Waals surface area contributed by atoms with Gasteiger partial charge in [-0.3, -0.25) is 24.3 Å². The fourth-order valence-corrected chi connectivity index (χ4v) is 11.0. The lowest BCUT2D eigenvalue weighted by Crippen LogP contribution is -2.63. The zero-order valence-electron chi connectivity index (χ0n) is 48.9. The van der Waals surface area contributed by atoms with Crippen molar-refractivity contribution in [2.45, 2.75) is 164 Å². The Bertz CT molecular complexity index is 2610. The van der Waals surface area contributed by atoms with Gasteiger partial charge in [-0.2, -0.15) is 0 Å². The van der Waals surface area contributed by atoms with E-state index in [1.54, 1.807) is 18.2 Å². The van der Waals surface area contributed by atoms with E-state index in [0.29, 0.717) is 13.1 Å². The standard InChI is InChI=1S/C59H89N9O18/c1-36-48(72)50(74)51(75)57(82-36)85-45(35-81-58-53(86-56(79)40-12-6-3-7-13-40)52(49(73)44(34-69)84-58)83-43(55(77)78)30-37-10-4-2-5-11-37)41(65-54(76)42-31-47(71)67-59(80)66-42)18-19-46(70)64-26-25-63-32-38-14-16-39(17-15-38)33-68-28-9-22-61-24-23-60-20-8-21-62-27-29-68/h3,6-7,12-17,31,36-37,41,43-45,48-53,57-58,60-63,69,72-75H,2,4-5,8-11,18-30,32-35H2,1H3,(H,64,70)(H,65,76)(H,77,78)(H2,66,67,71,80)/t36?,41?,43-,44?,45?,48?,49?,50?,51?,52?,53?,57?,58?/m0/s1. The normalized spacial score (nSPS) is 27.0. The minimum Gasteiger partial charge on any atom is -0.479 e. The third-order valence-corrected chi connectivity index (χ3v) is 15.9. The Labute approximate surface area is 499 Å². The van der Waals surface area contributed by atoms with Crippen molar-refractivity contribution < 1.29 is 78.2 Å². The fourth-order valence-electron chi connectivity index (χ4n) is 11.0. The van der Waals surface area contributed by atoms with Crippen molar-refractivity contribution in [2.24, 2.45) is 5.92 Å². The van der Waals surface area contributed by atoms with Crippen molar-refractivity contribution in [1.82, 2.24) is 46.8 Å². The first-order valence-electron chi connectivity index (χ1n) is 30.2. The number of hydrogen-bond donors (Lipinski definition) is 14. The topological polar surface area (TPSA) is 386 Å². The van der Waals surface area contributed by atoms with Crippen molar-refractivity contribution in [3.8, 4) is 0 Å². The first kappa shape index (κ1) is 67.9. The van der Waals surface area contributed by atoms with E-state index in [9.17, 15) is 59.4 Å². The van der Waals surface area contributed by atoms with Crippen molar-refractivity contribution in [2.75, 3.05) is 78.7 Å². The van der Waals surface area contributed by atoms with Crippen LogP contribution < -0.4 is 43.1 Å². The van der Waals surface area contributed by atoms with Crippen molar-refractivity contribution in [3.63, 3.8) is 0 Å². The van der Waals surface area contributed by atoms with Crippen molar-refractivity contribution in [1.29, 1.82) is 0 Å². The van der Waals surface area contributed by atoms with Crippen LogP contribution in [0.5, 0.6) is 0 Å². The lowest BCUT2D eigenvalue weighted by atomic mass is 9.85. The van der Waals surface area contributed by atoms with Crippen LogP contribution in [-0.4, -0.2) is 228 Å². The number of hydrogen-bond acceptors (Lipinski definition) is 22. The van der Waals surface area contributed by atoms with Crippen LogP contribution in [0.15, 0.2) is 70.3 Å². The van der Waals surface area contributed by atoms with Gasteiger partial charge >= 0.3 is 17.6 Å². The molecule has 14 N–H and O–H groups in total. The monoisotopic (exact) mass is 1210 g/mol. The zero-order chi connectivity index (χ0) is 61.4. The zero-order valence-corrected chi connectivity index (χ0v) is 48.9. The number of aliphatic hydroxyl groups excluding tert-OH is 5. The quantitative estimate of drug-likeness (QED) is 0.0323. The minimum atomic E-state index is -1.92. The van der Waals surface area contributed by atoms with Crippen LogP contribution in [-0.2, 0) is 51.1 Å². The van der Waals surface area contributed by atoms with Gasteiger partial charge in [0.15, 0.2) is 24.8 Å². The van der Waals surface area contributed by atoms with Gasteiger partial charge in [0.2, 0.25) is 5.91 Å².